The summed E-state index contributed by atoms with van der Waals surface area (Å²) in [5.41, 5.74) is 2.34. The minimum Gasteiger partial charge on any atom is -0.454 e. The van der Waals surface area contributed by atoms with Crippen molar-refractivity contribution in [2.75, 3.05) is 26.4 Å². The number of halogens is 1. The minimum absolute atomic E-state index is 0.0408. The van der Waals surface area contributed by atoms with E-state index in [9.17, 15) is 9.18 Å². The van der Waals surface area contributed by atoms with Gasteiger partial charge in [-0.05, 0) is 55.8 Å². The zero-order valence-electron chi connectivity index (χ0n) is 16.0. The largest absolute Gasteiger partial charge is 0.454 e. The van der Waals surface area contributed by atoms with Crippen LogP contribution in [0.2, 0.25) is 0 Å². The summed E-state index contributed by atoms with van der Waals surface area (Å²) in [6.07, 6.45) is 2.77. The maximum absolute atomic E-state index is 13.7. The van der Waals surface area contributed by atoms with Gasteiger partial charge in [-0.2, -0.15) is 5.10 Å². The summed E-state index contributed by atoms with van der Waals surface area (Å²) in [5, 5.41) is 6.19. The van der Waals surface area contributed by atoms with Gasteiger partial charge in [-0.25, -0.2) is 9.40 Å². The third-order valence-electron chi connectivity index (χ3n) is 5.66. The summed E-state index contributed by atoms with van der Waals surface area (Å²) in [5.74, 6) is 1.02. The highest BCUT2D eigenvalue weighted by Crippen LogP contribution is 2.39. The predicted molar refractivity (Wildman–Crippen MR) is 105 cm³/mol. The van der Waals surface area contributed by atoms with E-state index >= 15 is 0 Å². The molecule has 0 saturated carbocycles. The fourth-order valence-corrected chi connectivity index (χ4v) is 4.17. The number of amides is 1. The summed E-state index contributed by atoms with van der Waals surface area (Å²) < 4.78 is 24.7. The maximum atomic E-state index is 13.7. The van der Waals surface area contributed by atoms with Crippen LogP contribution in [0.5, 0.6) is 11.5 Å². The molecule has 0 aliphatic carbocycles. The highest BCUT2D eigenvalue weighted by molar-refractivity contribution is 6.03. The Morgan fingerprint density at radius 2 is 1.93 bits per heavy atom. The average molecular weight is 395 g/mol. The predicted octanol–water partition coefficient (Wildman–Crippen LogP) is 3.33. The zero-order valence-corrected chi connectivity index (χ0v) is 16.0. The molecule has 7 heteroatoms. The molecule has 0 bridgehead atoms. The highest BCUT2D eigenvalue weighted by Gasteiger charge is 2.35. The number of hydrogen-bond acceptors (Lipinski definition) is 5. The lowest BCUT2D eigenvalue weighted by Crippen LogP contribution is -2.36. The Morgan fingerprint density at radius 3 is 2.76 bits per heavy atom. The van der Waals surface area contributed by atoms with E-state index in [1.54, 1.807) is 11.1 Å². The molecule has 0 aromatic heterocycles. The lowest BCUT2D eigenvalue weighted by atomic mass is 9.98. The lowest BCUT2D eigenvalue weighted by Gasteiger charge is -2.24. The van der Waals surface area contributed by atoms with Gasteiger partial charge < -0.3 is 9.47 Å². The van der Waals surface area contributed by atoms with Crippen LogP contribution in [-0.4, -0.2) is 48.0 Å². The number of rotatable bonds is 4. The second-order valence-electron chi connectivity index (χ2n) is 7.61. The number of benzene rings is 2. The smallest absolute Gasteiger partial charge is 0.257 e. The van der Waals surface area contributed by atoms with Gasteiger partial charge in [0.25, 0.3) is 5.91 Å². The molecule has 0 radical (unpaired) electrons. The molecule has 0 N–H and O–H groups in total. The first-order valence-electron chi connectivity index (χ1n) is 9.95. The zero-order chi connectivity index (χ0) is 19.8. The summed E-state index contributed by atoms with van der Waals surface area (Å²) in [7, 11) is 0. The molecule has 1 amide bonds. The van der Waals surface area contributed by atoms with Crippen molar-refractivity contribution in [1.29, 1.82) is 0 Å². The molecule has 2 aromatic carbocycles. The van der Waals surface area contributed by atoms with E-state index in [0.717, 1.165) is 31.5 Å². The third kappa shape index (κ3) is 3.58. The van der Waals surface area contributed by atoms with Gasteiger partial charge in [0.2, 0.25) is 6.79 Å². The van der Waals surface area contributed by atoms with E-state index in [4.69, 9.17) is 9.47 Å². The molecule has 1 fully saturated rings. The van der Waals surface area contributed by atoms with E-state index < -0.39 is 0 Å². The van der Waals surface area contributed by atoms with E-state index in [-0.39, 0.29) is 24.6 Å². The van der Waals surface area contributed by atoms with Crippen LogP contribution in [0, 0.1) is 5.82 Å². The Hall–Kier alpha value is -2.93. The van der Waals surface area contributed by atoms with Gasteiger partial charge in [0.05, 0.1) is 18.3 Å². The van der Waals surface area contributed by atoms with Crippen molar-refractivity contribution >= 4 is 11.6 Å². The van der Waals surface area contributed by atoms with Gasteiger partial charge >= 0.3 is 0 Å². The van der Waals surface area contributed by atoms with Crippen molar-refractivity contribution < 1.29 is 18.7 Å². The van der Waals surface area contributed by atoms with Crippen molar-refractivity contribution in [1.82, 2.24) is 9.91 Å². The Kier molecular flexibility index (Phi) is 4.67. The molecule has 3 aliphatic rings. The first kappa shape index (κ1) is 18.1. The van der Waals surface area contributed by atoms with E-state index in [1.807, 2.05) is 24.3 Å². The topological polar surface area (TPSA) is 54.4 Å². The number of ether oxygens (including phenoxy) is 2. The first-order chi connectivity index (χ1) is 14.2. The fraction of sp³-hybridized carbons (Fsp3) is 0.364. The third-order valence-corrected chi connectivity index (χ3v) is 5.66. The van der Waals surface area contributed by atoms with Crippen molar-refractivity contribution in [3.63, 3.8) is 0 Å². The molecule has 3 heterocycles. The second kappa shape index (κ2) is 7.48. The van der Waals surface area contributed by atoms with E-state index in [0.29, 0.717) is 35.7 Å². The lowest BCUT2D eigenvalue weighted by molar-refractivity contribution is -0.134. The number of carbonyl (C=O) groups is 1. The number of hydrogen-bond donors (Lipinski definition) is 0. The van der Waals surface area contributed by atoms with Gasteiger partial charge in [0.15, 0.2) is 11.5 Å². The molecule has 0 spiro atoms. The van der Waals surface area contributed by atoms with Crippen LogP contribution in [0.3, 0.4) is 0 Å². The Morgan fingerprint density at radius 1 is 1.10 bits per heavy atom. The average Bonchev–Trinajstić information content (AvgIpc) is 3.47. The van der Waals surface area contributed by atoms with Crippen molar-refractivity contribution in [2.45, 2.75) is 25.3 Å². The molecule has 29 heavy (non-hydrogen) atoms. The Balaban J connectivity index is 1.46. The number of likely N-dealkylation sites (tertiary alicyclic amines) is 1. The minimum atomic E-state index is -0.313. The molecule has 6 nitrogen and oxygen atoms in total. The van der Waals surface area contributed by atoms with Crippen LogP contribution >= 0.6 is 0 Å². The summed E-state index contributed by atoms with van der Waals surface area (Å²) >= 11 is 0. The molecule has 1 atom stereocenters. The molecule has 3 aliphatic heterocycles. The molecule has 1 saturated heterocycles. The highest BCUT2D eigenvalue weighted by atomic mass is 19.1. The van der Waals surface area contributed by atoms with Crippen LogP contribution in [0.25, 0.3) is 0 Å². The number of hydrazone groups is 1. The second-order valence-corrected chi connectivity index (χ2v) is 7.61. The Bertz CT molecular complexity index is 972. The van der Waals surface area contributed by atoms with E-state index in [2.05, 4.69) is 10.0 Å². The molecule has 5 rings (SSSR count). The quantitative estimate of drug-likeness (QED) is 0.797. The molecule has 150 valence electrons. The molecule has 2 aromatic rings. The SMILES string of the molecule is O=C(CN1CCCC1)N1N=C(c2cccc(F)c2)C[C@H]1c1ccc2c(c1)OCO2. The van der Waals surface area contributed by atoms with Crippen molar-refractivity contribution in [3.05, 3.63) is 59.4 Å². The van der Waals surface area contributed by atoms with Gasteiger partial charge in [0.1, 0.15) is 5.82 Å². The Labute approximate surface area is 168 Å². The molecule has 0 unspecified atom stereocenters. The van der Waals surface area contributed by atoms with Crippen LogP contribution in [0.4, 0.5) is 4.39 Å². The van der Waals surface area contributed by atoms with Gasteiger partial charge in [-0.3, -0.25) is 9.69 Å². The standard InChI is InChI=1S/C22H22FN3O3/c23-17-5-3-4-15(10-17)18-12-19(16-6-7-20-21(11-16)29-14-28-20)26(24-18)22(27)13-25-8-1-2-9-25/h3-7,10-11,19H,1-2,8-9,12-14H2/t19-/m0/s1. The molecular formula is C22H22FN3O3. The van der Waals surface area contributed by atoms with Gasteiger partial charge in [0, 0.05) is 12.0 Å². The number of carbonyl (C=O) groups excluding carboxylic acids is 1. The monoisotopic (exact) mass is 395 g/mol. The summed E-state index contributed by atoms with van der Waals surface area (Å²) in [6, 6.07) is 11.8. The van der Waals surface area contributed by atoms with Crippen LogP contribution in [-0.2, 0) is 4.79 Å². The van der Waals surface area contributed by atoms with Crippen molar-refractivity contribution in [2.24, 2.45) is 5.10 Å². The van der Waals surface area contributed by atoms with Gasteiger partial charge in [-0.1, -0.05) is 18.2 Å². The van der Waals surface area contributed by atoms with Crippen LogP contribution in [0.1, 0.15) is 36.4 Å². The van der Waals surface area contributed by atoms with E-state index in [1.165, 1.54) is 12.1 Å². The van der Waals surface area contributed by atoms with Crippen LogP contribution in [0.15, 0.2) is 47.6 Å². The van der Waals surface area contributed by atoms with Crippen LogP contribution < -0.4 is 9.47 Å². The summed E-state index contributed by atoms with van der Waals surface area (Å²) in [6.45, 7) is 2.43. The molecular weight excluding hydrogens is 373 g/mol. The first-order valence-corrected chi connectivity index (χ1v) is 9.95. The number of nitrogens with zero attached hydrogens (tertiary/aromatic N) is 3. The van der Waals surface area contributed by atoms with Gasteiger partial charge in [-0.15, -0.1) is 0 Å². The fourth-order valence-electron chi connectivity index (χ4n) is 4.17. The maximum Gasteiger partial charge on any atom is 0.257 e. The van der Waals surface area contributed by atoms with Crippen molar-refractivity contribution in [3.8, 4) is 11.5 Å². The summed E-state index contributed by atoms with van der Waals surface area (Å²) in [4.78, 5) is 15.3. The normalized spacial score (nSPS) is 20.9. The number of fused-ring (bicyclic) bond motifs is 1.